The summed E-state index contributed by atoms with van der Waals surface area (Å²) in [6.07, 6.45) is 0.379. The Bertz CT molecular complexity index is 856. The van der Waals surface area contributed by atoms with Gasteiger partial charge in [-0.05, 0) is 42.5 Å². The van der Waals surface area contributed by atoms with Crippen LogP contribution >= 0.6 is 11.8 Å². The van der Waals surface area contributed by atoms with Crippen LogP contribution in [-0.4, -0.2) is 30.0 Å². The predicted molar refractivity (Wildman–Crippen MR) is 102 cm³/mol. The maximum atomic E-state index is 13.1. The number of esters is 1. The van der Waals surface area contributed by atoms with E-state index in [1.54, 1.807) is 31.2 Å². The molecule has 5 nitrogen and oxygen atoms in total. The molecule has 0 bridgehead atoms. The van der Waals surface area contributed by atoms with Gasteiger partial charge in [0.2, 0.25) is 5.91 Å². The van der Waals surface area contributed by atoms with E-state index < -0.39 is 24.2 Å². The summed E-state index contributed by atoms with van der Waals surface area (Å²) in [5.41, 5.74) is 0.938. The first kappa shape index (κ1) is 21.6. The van der Waals surface area contributed by atoms with Crippen LogP contribution in [0.3, 0.4) is 0 Å². The maximum Gasteiger partial charge on any atom is 0.307 e. The highest BCUT2D eigenvalue weighted by atomic mass is 32.2. The standard InChI is InChI=1S/C20H19F2NO4S/c1-2-19(25)23-14-5-3-13(4-6-14)18(24)12-27-20(26)9-10-28-15-7-8-16(21)17(22)11-15/h3-8,11H,2,9-10,12H2,1H3,(H,23,25). The van der Waals surface area contributed by atoms with E-state index >= 15 is 0 Å². The zero-order valence-corrected chi connectivity index (χ0v) is 16.0. The third-order valence-corrected chi connectivity index (χ3v) is 4.64. The van der Waals surface area contributed by atoms with Crippen LogP contribution in [0.2, 0.25) is 0 Å². The lowest BCUT2D eigenvalue weighted by Gasteiger charge is -2.06. The van der Waals surface area contributed by atoms with Crippen molar-refractivity contribution >= 4 is 35.1 Å². The number of hydrogen-bond donors (Lipinski definition) is 1. The number of anilines is 1. The molecule has 0 aliphatic carbocycles. The van der Waals surface area contributed by atoms with E-state index in [0.29, 0.717) is 28.3 Å². The van der Waals surface area contributed by atoms with Gasteiger partial charge >= 0.3 is 5.97 Å². The SMILES string of the molecule is CCC(=O)Nc1ccc(C(=O)COC(=O)CCSc2ccc(F)c(F)c2)cc1. The summed E-state index contributed by atoms with van der Waals surface area (Å²) in [5.74, 6) is -2.62. The van der Waals surface area contributed by atoms with Gasteiger partial charge in [-0.15, -0.1) is 11.8 Å². The lowest BCUT2D eigenvalue weighted by atomic mass is 10.1. The Labute approximate surface area is 165 Å². The fourth-order valence-electron chi connectivity index (χ4n) is 2.11. The molecule has 0 fully saturated rings. The number of hydrogen-bond acceptors (Lipinski definition) is 5. The van der Waals surface area contributed by atoms with Crippen molar-refractivity contribution in [1.29, 1.82) is 0 Å². The van der Waals surface area contributed by atoms with Gasteiger partial charge in [0.15, 0.2) is 24.0 Å². The molecule has 148 valence electrons. The normalized spacial score (nSPS) is 10.4. The van der Waals surface area contributed by atoms with Crippen LogP contribution in [-0.2, 0) is 14.3 Å². The second kappa shape index (κ2) is 10.6. The summed E-state index contributed by atoms with van der Waals surface area (Å²) in [6.45, 7) is 1.34. The first-order chi connectivity index (χ1) is 13.4. The molecular weight excluding hydrogens is 388 g/mol. The molecule has 8 heteroatoms. The largest absolute Gasteiger partial charge is 0.457 e. The van der Waals surface area contributed by atoms with E-state index in [-0.39, 0.29) is 18.1 Å². The summed E-state index contributed by atoms with van der Waals surface area (Å²) in [4.78, 5) is 35.6. The Hall–Kier alpha value is -2.74. The van der Waals surface area contributed by atoms with Gasteiger partial charge in [0, 0.05) is 28.3 Å². The van der Waals surface area contributed by atoms with E-state index in [1.807, 2.05) is 0 Å². The summed E-state index contributed by atoms with van der Waals surface area (Å²) < 4.78 is 30.9. The number of thioether (sulfide) groups is 1. The molecule has 0 saturated heterocycles. The molecule has 1 amide bonds. The molecule has 0 aliphatic rings. The topological polar surface area (TPSA) is 72.5 Å². The Kier molecular flexibility index (Phi) is 8.13. The van der Waals surface area contributed by atoms with Gasteiger partial charge in [-0.25, -0.2) is 8.78 Å². The minimum atomic E-state index is -0.946. The third-order valence-electron chi connectivity index (χ3n) is 3.64. The number of nitrogens with one attached hydrogen (secondary N) is 1. The summed E-state index contributed by atoms with van der Waals surface area (Å²) in [7, 11) is 0. The molecule has 2 aromatic carbocycles. The number of carbonyl (C=O) groups excluding carboxylic acids is 3. The Morgan fingerprint density at radius 2 is 1.75 bits per heavy atom. The van der Waals surface area contributed by atoms with Gasteiger partial charge < -0.3 is 10.1 Å². The molecule has 0 saturated carbocycles. The molecule has 2 rings (SSSR count). The number of halogens is 2. The third kappa shape index (κ3) is 6.77. The first-order valence-corrected chi connectivity index (χ1v) is 9.54. The average Bonchev–Trinajstić information content (AvgIpc) is 2.69. The van der Waals surface area contributed by atoms with Crippen LogP contribution < -0.4 is 5.32 Å². The Balaban J connectivity index is 1.73. The highest BCUT2D eigenvalue weighted by Gasteiger charge is 2.11. The number of rotatable bonds is 9. The van der Waals surface area contributed by atoms with E-state index in [4.69, 9.17) is 4.74 Å². The van der Waals surface area contributed by atoms with Crippen LogP contribution in [0, 0.1) is 11.6 Å². The minimum absolute atomic E-state index is 0.0267. The lowest BCUT2D eigenvalue weighted by Crippen LogP contribution is -2.15. The molecule has 0 heterocycles. The summed E-state index contributed by atoms with van der Waals surface area (Å²) >= 11 is 1.18. The maximum absolute atomic E-state index is 13.1. The second-order valence-electron chi connectivity index (χ2n) is 5.74. The lowest BCUT2D eigenvalue weighted by molar-refractivity contribution is -0.142. The van der Waals surface area contributed by atoms with E-state index in [2.05, 4.69) is 5.32 Å². The smallest absolute Gasteiger partial charge is 0.307 e. The number of carbonyl (C=O) groups is 3. The van der Waals surface area contributed by atoms with Crippen molar-refractivity contribution in [3.63, 3.8) is 0 Å². The van der Waals surface area contributed by atoms with E-state index in [9.17, 15) is 23.2 Å². The molecule has 0 aromatic heterocycles. The Morgan fingerprint density at radius 3 is 2.39 bits per heavy atom. The molecular formula is C20H19F2NO4S. The van der Waals surface area contributed by atoms with Crippen LogP contribution in [0.15, 0.2) is 47.4 Å². The molecule has 0 radical (unpaired) electrons. The molecule has 0 spiro atoms. The highest BCUT2D eigenvalue weighted by molar-refractivity contribution is 7.99. The van der Waals surface area contributed by atoms with Crippen molar-refractivity contribution in [2.24, 2.45) is 0 Å². The number of amides is 1. The first-order valence-electron chi connectivity index (χ1n) is 8.55. The summed E-state index contributed by atoms with van der Waals surface area (Å²) in [5, 5.41) is 2.67. The minimum Gasteiger partial charge on any atom is -0.457 e. The van der Waals surface area contributed by atoms with Gasteiger partial charge in [0.05, 0.1) is 6.42 Å². The predicted octanol–water partition coefficient (Wildman–Crippen LogP) is 4.22. The highest BCUT2D eigenvalue weighted by Crippen LogP contribution is 2.21. The molecule has 1 N–H and O–H groups in total. The van der Waals surface area contributed by atoms with E-state index in [1.165, 1.54) is 17.8 Å². The number of ketones is 1. The van der Waals surface area contributed by atoms with Crippen molar-refractivity contribution in [2.45, 2.75) is 24.7 Å². The van der Waals surface area contributed by atoms with E-state index in [0.717, 1.165) is 12.1 Å². The molecule has 0 unspecified atom stereocenters. The van der Waals surface area contributed by atoms with Crippen LogP contribution in [0.25, 0.3) is 0 Å². The number of ether oxygens (including phenoxy) is 1. The average molecular weight is 407 g/mol. The quantitative estimate of drug-likeness (QED) is 0.383. The number of Topliss-reactive ketones (excluding diaryl/α,β-unsaturated/α-hetero) is 1. The van der Waals surface area contributed by atoms with Gasteiger partial charge in [0.1, 0.15) is 0 Å². The fourth-order valence-corrected chi connectivity index (χ4v) is 2.96. The van der Waals surface area contributed by atoms with Crippen LogP contribution in [0.1, 0.15) is 30.1 Å². The Morgan fingerprint density at radius 1 is 1.04 bits per heavy atom. The fraction of sp³-hybridized carbons (Fsp3) is 0.250. The van der Waals surface area contributed by atoms with Crippen molar-refractivity contribution in [3.05, 3.63) is 59.7 Å². The zero-order chi connectivity index (χ0) is 20.5. The molecule has 0 aliphatic heterocycles. The molecule has 2 aromatic rings. The van der Waals surface area contributed by atoms with Crippen molar-refractivity contribution in [1.82, 2.24) is 0 Å². The second-order valence-corrected chi connectivity index (χ2v) is 6.91. The van der Waals surface area contributed by atoms with Gasteiger partial charge in [-0.3, -0.25) is 14.4 Å². The zero-order valence-electron chi connectivity index (χ0n) is 15.2. The van der Waals surface area contributed by atoms with Crippen molar-refractivity contribution < 1.29 is 27.9 Å². The van der Waals surface area contributed by atoms with Gasteiger partial charge in [-0.2, -0.15) is 0 Å². The van der Waals surface area contributed by atoms with Crippen molar-refractivity contribution in [3.8, 4) is 0 Å². The monoisotopic (exact) mass is 407 g/mol. The molecule has 0 atom stereocenters. The van der Waals surface area contributed by atoms with Crippen LogP contribution in [0.4, 0.5) is 14.5 Å². The summed E-state index contributed by atoms with van der Waals surface area (Å²) in [6, 6.07) is 9.78. The molecule has 28 heavy (non-hydrogen) atoms. The van der Waals surface area contributed by atoms with Crippen LogP contribution in [0.5, 0.6) is 0 Å². The van der Waals surface area contributed by atoms with Crippen molar-refractivity contribution in [2.75, 3.05) is 17.7 Å². The van der Waals surface area contributed by atoms with Gasteiger partial charge in [0.25, 0.3) is 0 Å². The van der Waals surface area contributed by atoms with Gasteiger partial charge in [-0.1, -0.05) is 6.92 Å². The number of benzene rings is 2.